The van der Waals surface area contributed by atoms with Crippen molar-refractivity contribution < 1.29 is 14.7 Å². The molecule has 4 rings (SSSR count). The molecule has 2 aliphatic heterocycles. The molecule has 0 aliphatic carbocycles. The van der Waals surface area contributed by atoms with Crippen LogP contribution >= 0.6 is 0 Å². The minimum Gasteiger partial charge on any atom is -0.395 e. The van der Waals surface area contributed by atoms with Crippen LogP contribution < -0.4 is 4.90 Å². The normalized spacial score (nSPS) is 17.8. The Morgan fingerprint density at radius 1 is 0.839 bits per heavy atom. The highest BCUT2D eigenvalue weighted by Gasteiger charge is 2.43. The smallest absolute Gasteiger partial charge is 0.282 e. The molecule has 2 amide bonds. The van der Waals surface area contributed by atoms with Gasteiger partial charge in [0.05, 0.1) is 17.9 Å². The molecular formula is C25H29N3O3. The molecule has 2 aromatic carbocycles. The highest BCUT2D eigenvalue weighted by molar-refractivity contribution is 6.45. The molecule has 0 spiro atoms. The molecule has 2 aliphatic rings. The Kier molecular flexibility index (Phi) is 5.94. The maximum atomic E-state index is 13.7. The Bertz CT molecular complexity index is 1050. The fraction of sp³-hybridized carbons (Fsp3) is 0.360. The average Bonchev–Trinajstić information content (AvgIpc) is 3.01. The van der Waals surface area contributed by atoms with Gasteiger partial charge < -0.3 is 10.0 Å². The van der Waals surface area contributed by atoms with E-state index in [1.165, 1.54) is 4.90 Å². The summed E-state index contributed by atoms with van der Waals surface area (Å²) in [6.45, 7) is 9.50. The first-order valence-electron chi connectivity index (χ1n) is 10.8. The number of imide groups is 1. The summed E-state index contributed by atoms with van der Waals surface area (Å²) < 4.78 is 0. The van der Waals surface area contributed by atoms with E-state index in [1.807, 2.05) is 68.1 Å². The fourth-order valence-electron chi connectivity index (χ4n) is 4.34. The molecule has 31 heavy (non-hydrogen) atoms. The van der Waals surface area contributed by atoms with Gasteiger partial charge in [0.25, 0.3) is 11.8 Å². The number of aliphatic hydroxyl groups is 1. The molecule has 0 radical (unpaired) electrons. The van der Waals surface area contributed by atoms with E-state index in [0.717, 1.165) is 35.3 Å². The van der Waals surface area contributed by atoms with Crippen LogP contribution in [0.15, 0.2) is 48.2 Å². The Morgan fingerprint density at radius 3 is 2.19 bits per heavy atom. The predicted molar refractivity (Wildman–Crippen MR) is 122 cm³/mol. The van der Waals surface area contributed by atoms with E-state index in [1.54, 1.807) is 0 Å². The molecule has 2 aromatic rings. The molecule has 0 saturated carbocycles. The van der Waals surface area contributed by atoms with Gasteiger partial charge in [-0.25, -0.2) is 4.90 Å². The third-order valence-corrected chi connectivity index (χ3v) is 6.32. The molecule has 2 heterocycles. The molecule has 0 unspecified atom stereocenters. The molecule has 1 saturated heterocycles. The molecule has 162 valence electrons. The van der Waals surface area contributed by atoms with Gasteiger partial charge in [0.15, 0.2) is 0 Å². The predicted octanol–water partition coefficient (Wildman–Crippen LogP) is 2.51. The number of benzene rings is 2. The average molecular weight is 420 g/mol. The monoisotopic (exact) mass is 419 g/mol. The molecule has 0 bridgehead atoms. The van der Waals surface area contributed by atoms with E-state index in [0.29, 0.717) is 36.6 Å². The van der Waals surface area contributed by atoms with Crippen molar-refractivity contribution in [1.82, 2.24) is 9.80 Å². The first-order valence-corrected chi connectivity index (χ1v) is 10.8. The number of β-amino-alcohol motifs (C(OH)–C–C–N with tert-alkyl or cyclic N) is 1. The summed E-state index contributed by atoms with van der Waals surface area (Å²) in [5.74, 6) is -0.529. The van der Waals surface area contributed by atoms with Crippen LogP contribution in [0, 0.1) is 20.8 Å². The third kappa shape index (κ3) is 3.89. The lowest BCUT2D eigenvalue weighted by atomic mass is 9.99. The molecule has 1 N–H and O–H groups in total. The molecule has 6 nitrogen and oxygen atoms in total. The van der Waals surface area contributed by atoms with Crippen molar-refractivity contribution in [1.29, 1.82) is 0 Å². The van der Waals surface area contributed by atoms with Crippen molar-refractivity contribution in [2.75, 3.05) is 44.2 Å². The summed E-state index contributed by atoms with van der Waals surface area (Å²) in [6.07, 6.45) is 0. The van der Waals surface area contributed by atoms with Crippen molar-refractivity contribution in [3.63, 3.8) is 0 Å². The molecule has 6 heteroatoms. The van der Waals surface area contributed by atoms with Crippen molar-refractivity contribution in [2.24, 2.45) is 0 Å². The van der Waals surface area contributed by atoms with E-state index >= 15 is 0 Å². The molecule has 1 fully saturated rings. The minimum absolute atomic E-state index is 0.120. The van der Waals surface area contributed by atoms with E-state index < -0.39 is 0 Å². The van der Waals surface area contributed by atoms with Crippen molar-refractivity contribution in [2.45, 2.75) is 20.8 Å². The second kappa shape index (κ2) is 8.65. The number of amides is 2. The highest BCUT2D eigenvalue weighted by atomic mass is 16.3. The summed E-state index contributed by atoms with van der Waals surface area (Å²) in [5.41, 5.74) is 5.51. The van der Waals surface area contributed by atoms with Crippen molar-refractivity contribution in [3.8, 4) is 0 Å². The van der Waals surface area contributed by atoms with Crippen LogP contribution in [-0.2, 0) is 9.59 Å². The van der Waals surface area contributed by atoms with Gasteiger partial charge in [0, 0.05) is 32.7 Å². The first-order chi connectivity index (χ1) is 14.9. The number of rotatable bonds is 5. The molecule has 0 aromatic heterocycles. The maximum absolute atomic E-state index is 13.7. The van der Waals surface area contributed by atoms with Gasteiger partial charge in [-0.3, -0.25) is 14.5 Å². The van der Waals surface area contributed by atoms with Crippen LogP contribution in [-0.4, -0.2) is 66.1 Å². The van der Waals surface area contributed by atoms with Crippen molar-refractivity contribution >= 4 is 23.1 Å². The Labute approximate surface area is 183 Å². The van der Waals surface area contributed by atoms with Gasteiger partial charge in [-0.2, -0.15) is 0 Å². The van der Waals surface area contributed by atoms with Crippen LogP contribution in [0.1, 0.15) is 22.3 Å². The van der Waals surface area contributed by atoms with Crippen LogP contribution in [0.4, 0.5) is 5.69 Å². The van der Waals surface area contributed by atoms with Crippen LogP contribution in [0.25, 0.3) is 5.57 Å². The summed E-state index contributed by atoms with van der Waals surface area (Å²) in [4.78, 5) is 32.9. The Hall–Kier alpha value is -2.96. The lowest BCUT2D eigenvalue weighted by Crippen LogP contribution is -2.48. The third-order valence-electron chi connectivity index (χ3n) is 6.32. The first kappa shape index (κ1) is 21.3. The number of piperazine rings is 1. The zero-order valence-electron chi connectivity index (χ0n) is 18.4. The number of carbonyl (C=O) groups is 2. The second-order valence-electron chi connectivity index (χ2n) is 8.31. The maximum Gasteiger partial charge on any atom is 0.282 e. The lowest BCUT2D eigenvalue weighted by molar-refractivity contribution is -0.120. The Balaban J connectivity index is 1.78. The van der Waals surface area contributed by atoms with Crippen LogP contribution in [0.2, 0.25) is 0 Å². The number of nitrogens with zero attached hydrogens (tertiary/aromatic N) is 3. The number of aliphatic hydroxyl groups excluding tert-OH is 1. The fourth-order valence-corrected chi connectivity index (χ4v) is 4.34. The highest BCUT2D eigenvalue weighted by Crippen LogP contribution is 2.36. The zero-order valence-corrected chi connectivity index (χ0v) is 18.4. The minimum atomic E-state index is -0.268. The number of carbonyl (C=O) groups excluding carboxylic acids is 2. The second-order valence-corrected chi connectivity index (χ2v) is 8.31. The zero-order chi connectivity index (χ0) is 22.1. The van der Waals surface area contributed by atoms with Gasteiger partial charge in [0.2, 0.25) is 0 Å². The standard InChI is InChI=1S/C25H29N3O3/c1-17-8-9-20(16-19(17)3)22-23(27-12-10-26(11-13-27)14-15-29)25(31)28(24(22)30)21-7-5-4-6-18(21)2/h4-9,16,29H,10-15H2,1-3H3. The number of aryl methyl sites for hydroxylation is 3. The van der Waals surface area contributed by atoms with Crippen molar-refractivity contribution in [3.05, 3.63) is 70.4 Å². The van der Waals surface area contributed by atoms with Gasteiger partial charge in [-0.05, 0) is 49.1 Å². The van der Waals surface area contributed by atoms with E-state index in [4.69, 9.17) is 0 Å². The number of anilines is 1. The molecule has 0 atom stereocenters. The van der Waals surface area contributed by atoms with Gasteiger partial charge >= 0.3 is 0 Å². The largest absolute Gasteiger partial charge is 0.395 e. The van der Waals surface area contributed by atoms with Gasteiger partial charge in [0.1, 0.15) is 5.70 Å². The lowest BCUT2D eigenvalue weighted by Gasteiger charge is -2.36. The van der Waals surface area contributed by atoms with Gasteiger partial charge in [-0.1, -0.05) is 36.4 Å². The quantitative estimate of drug-likeness (QED) is 0.755. The number of hydrogen-bond donors (Lipinski definition) is 1. The van der Waals surface area contributed by atoms with E-state index in [2.05, 4.69) is 4.90 Å². The molecular weight excluding hydrogens is 390 g/mol. The summed E-state index contributed by atoms with van der Waals surface area (Å²) >= 11 is 0. The number of hydrogen-bond acceptors (Lipinski definition) is 5. The summed E-state index contributed by atoms with van der Waals surface area (Å²) in [6, 6.07) is 13.4. The van der Waals surface area contributed by atoms with E-state index in [-0.39, 0.29) is 18.4 Å². The summed E-state index contributed by atoms with van der Waals surface area (Å²) in [7, 11) is 0. The van der Waals surface area contributed by atoms with Crippen LogP contribution in [0.5, 0.6) is 0 Å². The van der Waals surface area contributed by atoms with Crippen LogP contribution in [0.3, 0.4) is 0 Å². The van der Waals surface area contributed by atoms with E-state index in [9.17, 15) is 14.7 Å². The topological polar surface area (TPSA) is 64.1 Å². The van der Waals surface area contributed by atoms with Gasteiger partial charge in [-0.15, -0.1) is 0 Å². The number of para-hydroxylation sites is 1. The summed E-state index contributed by atoms with van der Waals surface area (Å²) in [5, 5.41) is 9.23. The SMILES string of the molecule is Cc1ccc(C2=C(N3CCN(CCO)CC3)C(=O)N(c3ccccc3C)C2=O)cc1C. The Morgan fingerprint density at radius 2 is 1.55 bits per heavy atom.